The van der Waals surface area contributed by atoms with Crippen LogP contribution < -0.4 is 25.7 Å². The van der Waals surface area contributed by atoms with Crippen molar-refractivity contribution in [3.63, 3.8) is 0 Å². The van der Waals surface area contributed by atoms with Gasteiger partial charge in [-0.2, -0.15) is 0 Å². The van der Waals surface area contributed by atoms with Crippen molar-refractivity contribution in [2.45, 2.75) is 74.5 Å². The molecule has 0 unspecified atom stereocenters. The highest BCUT2D eigenvalue weighted by Crippen LogP contribution is 2.52. The molecule has 6 aromatic carbocycles. The standard InChI is InChI=1S/C20H24N2O2.C20H23NO3.C19H24N2O/c1-22(15-16-7-3-2-4-8-16)13-14-24-18-10-6-5-9-17(18)20(11-12-20)19(21)23;1-21(15-16-7-3-2-4-8-16)13-14-24-18-10-6-5-9-17(18)20(11-12-20)19(22)23;1-21(15-16-7-3-2-4-8-16)13-14-22-18-10-6-5-9-17(18)19(20)11-12-19/h2-10H,11-15H2,1H3,(H2,21,23);2-10H,11-15H2,1H3,(H,22,23);2-10H,11-15,20H2,1H3. The Morgan fingerprint density at radius 3 is 1.07 bits per heavy atom. The van der Waals surface area contributed by atoms with E-state index < -0.39 is 16.8 Å². The van der Waals surface area contributed by atoms with Crippen LogP contribution >= 0.6 is 0 Å². The largest absolute Gasteiger partial charge is 0.492 e. The third kappa shape index (κ3) is 14.3. The van der Waals surface area contributed by atoms with Crippen LogP contribution in [0.15, 0.2) is 164 Å². The summed E-state index contributed by atoms with van der Waals surface area (Å²) in [4.78, 5) is 30.0. The second-order valence-electron chi connectivity index (χ2n) is 19.2. The Kier molecular flexibility index (Phi) is 17.9. The second kappa shape index (κ2) is 24.4. The van der Waals surface area contributed by atoms with Crippen LogP contribution in [0.5, 0.6) is 17.2 Å². The number of aliphatic carboxylic acids is 1. The smallest absolute Gasteiger partial charge is 0.314 e. The van der Waals surface area contributed by atoms with Crippen molar-refractivity contribution in [2.75, 3.05) is 60.6 Å². The fourth-order valence-electron chi connectivity index (χ4n) is 8.74. The number of carboxylic acids is 1. The molecule has 0 saturated heterocycles. The number of benzene rings is 6. The maximum atomic E-state index is 11.8. The summed E-state index contributed by atoms with van der Waals surface area (Å²) in [5.41, 5.74) is 17.3. The first-order valence-electron chi connectivity index (χ1n) is 24.6. The van der Waals surface area contributed by atoms with Crippen molar-refractivity contribution in [3.05, 3.63) is 197 Å². The van der Waals surface area contributed by atoms with Crippen molar-refractivity contribution in [1.29, 1.82) is 0 Å². The van der Waals surface area contributed by atoms with E-state index in [1.165, 1.54) is 16.7 Å². The molecule has 5 N–H and O–H groups in total. The van der Waals surface area contributed by atoms with Gasteiger partial charge in [0.1, 0.15) is 37.1 Å². The zero-order valence-corrected chi connectivity index (χ0v) is 41.2. The third-order valence-electron chi connectivity index (χ3n) is 13.5. The van der Waals surface area contributed by atoms with E-state index in [1.807, 2.05) is 97.1 Å². The molecule has 11 heteroatoms. The fraction of sp³-hybridized carbons (Fsp3) is 0.356. The number of rotatable bonds is 23. The summed E-state index contributed by atoms with van der Waals surface area (Å²) < 4.78 is 17.9. The third-order valence-corrected chi connectivity index (χ3v) is 13.5. The van der Waals surface area contributed by atoms with E-state index in [4.69, 9.17) is 25.7 Å². The number of hydrogen-bond donors (Lipinski definition) is 3. The first-order chi connectivity index (χ1) is 33.9. The Morgan fingerprint density at radius 2 is 0.757 bits per heavy atom. The molecule has 1 amide bonds. The Hall–Kier alpha value is -6.50. The summed E-state index contributed by atoms with van der Waals surface area (Å²) in [6, 6.07) is 54.6. The molecule has 11 nitrogen and oxygen atoms in total. The monoisotopic (exact) mass is 946 g/mol. The fourth-order valence-corrected chi connectivity index (χ4v) is 8.74. The molecule has 0 atom stereocenters. The number of ether oxygens (including phenoxy) is 3. The van der Waals surface area contributed by atoms with Crippen molar-refractivity contribution in [1.82, 2.24) is 14.7 Å². The molecule has 3 saturated carbocycles. The molecule has 0 heterocycles. The zero-order valence-electron chi connectivity index (χ0n) is 41.2. The van der Waals surface area contributed by atoms with E-state index in [0.29, 0.717) is 38.4 Å². The molecule has 0 spiro atoms. The lowest BCUT2D eigenvalue weighted by atomic mass is 9.94. The van der Waals surface area contributed by atoms with Gasteiger partial charge in [-0.15, -0.1) is 0 Å². The van der Waals surface area contributed by atoms with Crippen molar-refractivity contribution >= 4 is 11.9 Å². The van der Waals surface area contributed by atoms with E-state index in [1.54, 1.807) is 0 Å². The number of para-hydroxylation sites is 3. The summed E-state index contributed by atoms with van der Waals surface area (Å²) in [6.07, 6.45) is 5.13. The topological polar surface area (TPSA) is 144 Å². The predicted molar refractivity (Wildman–Crippen MR) is 278 cm³/mol. The van der Waals surface area contributed by atoms with Crippen molar-refractivity contribution in [2.24, 2.45) is 11.5 Å². The van der Waals surface area contributed by atoms with Gasteiger partial charge in [0.15, 0.2) is 0 Å². The average molecular weight is 946 g/mol. The van der Waals surface area contributed by atoms with Crippen LogP contribution in [0.1, 0.15) is 71.9 Å². The molecule has 9 rings (SSSR count). The Morgan fingerprint density at radius 1 is 0.457 bits per heavy atom. The molecule has 0 aromatic heterocycles. The molecule has 3 fully saturated rings. The number of carbonyl (C=O) groups excluding carboxylic acids is 1. The lowest BCUT2D eigenvalue weighted by Crippen LogP contribution is -2.29. The minimum Gasteiger partial charge on any atom is -0.492 e. The van der Waals surface area contributed by atoms with Gasteiger partial charge < -0.3 is 30.8 Å². The van der Waals surface area contributed by atoms with Crippen LogP contribution in [-0.2, 0) is 45.6 Å². The number of amides is 1. The van der Waals surface area contributed by atoms with Crippen LogP contribution in [0, 0.1) is 0 Å². The Bertz CT molecular complexity index is 2440. The number of hydrogen-bond acceptors (Lipinski definition) is 9. The van der Waals surface area contributed by atoms with Gasteiger partial charge in [-0.3, -0.25) is 24.3 Å². The second-order valence-corrected chi connectivity index (χ2v) is 19.2. The Labute approximate surface area is 415 Å². The van der Waals surface area contributed by atoms with E-state index in [-0.39, 0.29) is 11.4 Å². The summed E-state index contributed by atoms with van der Waals surface area (Å²) in [5.74, 6) is 1.42. The molecule has 0 bridgehead atoms. The average Bonchev–Trinajstić information content (AvgIpc) is 4.26. The van der Waals surface area contributed by atoms with Crippen LogP contribution in [0.4, 0.5) is 0 Å². The highest BCUT2D eigenvalue weighted by atomic mass is 16.5. The molecule has 368 valence electrons. The summed E-state index contributed by atoms with van der Waals surface area (Å²) in [6.45, 7) is 6.97. The quantitative estimate of drug-likeness (QED) is 0.0569. The van der Waals surface area contributed by atoms with E-state index in [0.717, 1.165) is 93.1 Å². The van der Waals surface area contributed by atoms with Crippen LogP contribution in [0.3, 0.4) is 0 Å². The van der Waals surface area contributed by atoms with Gasteiger partial charge in [-0.05, 0) is 94.6 Å². The number of primary amides is 1. The number of carboxylic acid groups (broad SMARTS) is 1. The molecule has 70 heavy (non-hydrogen) atoms. The molecule has 3 aliphatic carbocycles. The van der Waals surface area contributed by atoms with Gasteiger partial charge >= 0.3 is 5.97 Å². The SMILES string of the molecule is CN(CCOc1ccccc1C1(C(=O)O)CC1)Cc1ccccc1.CN(CCOc1ccccc1C1(C(N)=O)CC1)Cc1ccccc1.CN(CCOc1ccccc1C1(N)CC1)Cc1ccccc1. The number of carbonyl (C=O) groups is 2. The maximum Gasteiger partial charge on any atom is 0.314 e. The highest BCUT2D eigenvalue weighted by molar-refractivity contribution is 5.90. The van der Waals surface area contributed by atoms with Crippen LogP contribution in [-0.4, -0.2) is 92.3 Å². The van der Waals surface area contributed by atoms with Crippen LogP contribution in [0.25, 0.3) is 0 Å². The summed E-state index contributed by atoms with van der Waals surface area (Å²) in [7, 11) is 6.25. The maximum absolute atomic E-state index is 11.8. The Balaban J connectivity index is 0.000000155. The summed E-state index contributed by atoms with van der Waals surface area (Å²) in [5, 5.41) is 9.50. The van der Waals surface area contributed by atoms with Gasteiger partial charge in [0.2, 0.25) is 5.91 Å². The van der Waals surface area contributed by atoms with E-state index >= 15 is 0 Å². The molecule has 3 aliphatic rings. The molecule has 0 aliphatic heterocycles. The van der Waals surface area contributed by atoms with Gasteiger partial charge in [-0.1, -0.05) is 146 Å². The molecular formula is C59H71N5O6. The summed E-state index contributed by atoms with van der Waals surface area (Å²) >= 11 is 0. The first kappa shape index (κ1) is 51.4. The van der Waals surface area contributed by atoms with Crippen molar-refractivity contribution in [3.8, 4) is 17.2 Å². The number of nitrogens with zero attached hydrogens (tertiary/aromatic N) is 3. The van der Waals surface area contributed by atoms with Gasteiger partial charge in [0.25, 0.3) is 0 Å². The first-order valence-corrected chi connectivity index (χ1v) is 24.6. The zero-order chi connectivity index (χ0) is 49.4. The van der Waals surface area contributed by atoms with Gasteiger partial charge in [-0.25, -0.2) is 0 Å². The molecule has 0 radical (unpaired) electrons. The van der Waals surface area contributed by atoms with E-state index in [2.05, 4.69) is 103 Å². The predicted octanol–water partition coefficient (Wildman–Crippen LogP) is 9.17. The normalized spacial score (nSPS) is 15.4. The molecular weight excluding hydrogens is 875 g/mol. The van der Waals surface area contributed by atoms with Crippen molar-refractivity contribution < 1.29 is 28.9 Å². The minimum absolute atomic E-state index is 0.146. The lowest BCUT2D eigenvalue weighted by molar-refractivity contribution is -0.140. The van der Waals surface area contributed by atoms with Gasteiger partial charge in [0.05, 0.1) is 10.8 Å². The minimum atomic E-state index is -0.750. The van der Waals surface area contributed by atoms with Gasteiger partial charge in [0, 0.05) is 61.5 Å². The molecule has 6 aromatic rings. The lowest BCUT2D eigenvalue weighted by Gasteiger charge is -2.20. The van der Waals surface area contributed by atoms with Crippen LogP contribution in [0.2, 0.25) is 0 Å². The number of likely N-dealkylation sites (N-methyl/N-ethyl adjacent to an activating group) is 3. The number of nitrogens with two attached hydrogens (primary N) is 2. The highest BCUT2D eigenvalue weighted by Gasteiger charge is 2.53. The van der Waals surface area contributed by atoms with E-state index in [9.17, 15) is 14.7 Å².